The second kappa shape index (κ2) is 7.38. The minimum atomic E-state index is 0.693. The number of aromatic nitrogens is 1. The van der Waals surface area contributed by atoms with Gasteiger partial charge in [0.15, 0.2) is 5.13 Å². The van der Waals surface area contributed by atoms with E-state index in [-0.39, 0.29) is 0 Å². The second-order valence-corrected chi connectivity index (χ2v) is 7.16. The number of nitrogens with one attached hydrogen (secondary N) is 1. The number of anilines is 1. The van der Waals surface area contributed by atoms with Crippen LogP contribution in [0.4, 0.5) is 5.13 Å². The summed E-state index contributed by atoms with van der Waals surface area (Å²) < 4.78 is 0. The number of hydrogen-bond donors (Lipinski definition) is 1. The van der Waals surface area contributed by atoms with Crippen molar-refractivity contribution < 1.29 is 0 Å². The molecule has 0 amide bonds. The van der Waals surface area contributed by atoms with Crippen LogP contribution in [0.15, 0.2) is 5.38 Å². The fourth-order valence-electron chi connectivity index (χ4n) is 2.59. The Hall–Kier alpha value is -0.650. The van der Waals surface area contributed by atoms with Crippen LogP contribution >= 0.6 is 11.3 Å². The highest BCUT2D eigenvalue weighted by molar-refractivity contribution is 7.13. The van der Waals surface area contributed by atoms with E-state index in [0.717, 1.165) is 32.2 Å². The lowest BCUT2D eigenvalue weighted by atomic mass is 10.0. The minimum absolute atomic E-state index is 0.693. The summed E-state index contributed by atoms with van der Waals surface area (Å²) in [7, 11) is 4.37. The molecule has 0 aromatic carbocycles. The highest BCUT2D eigenvalue weighted by Crippen LogP contribution is 2.25. The largest absolute Gasteiger partial charge is 0.348 e. The topological polar surface area (TPSA) is 31.4 Å². The molecule has 0 spiro atoms. The van der Waals surface area contributed by atoms with Gasteiger partial charge < -0.3 is 15.1 Å². The van der Waals surface area contributed by atoms with Gasteiger partial charge >= 0.3 is 0 Å². The van der Waals surface area contributed by atoms with E-state index >= 15 is 0 Å². The van der Waals surface area contributed by atoms with Crippen LogP contribution in [0.2, 0.25) is 0 Å². The number of hydrogen-bond acceptors (Lipinski definition) is 5. The van der Waals surface area contributed by atoms with E-state index in [9.17, 15) is 0 Å². The van der Waals surface area contributed by atoms with E-state index in [1.54, 1.807) is 11.3 Å². The molecule has 2 heterocycles. The average molecular weight is 296 g/mol. The number of nitrogens with zero attached hydrogens (tertiary/aromatic N) is 3. The maximum Gasteiger partial charge on any atom is 0.185 e. The van der Waals surface area contributed by atoms with Crippen molar-refractivity contribution in [3.05, 3.63) is 11.1 Å². The predicted octanol–water partition coefficient (Wildman–Crippen LogP) is 2.42. The monoisotopic (exact) mass is 296 g/mol. The van der Waals surface area contributed by atoms with Gasteiger partial charge in [0.05, 0.1) is 5.69 Å². The molecule has 4 nitrogen and oxygen atoms in total. The van der Waals surface area contributed by atoms with Gasteiger partial charge in [0.2, 0.25) is 0 Å². The van der Waals surface area contributed by atoms with Gasteiger partial charge in [-0.1, -0.05) is 13.8 Å². The van der Waals surface area contributed by atoms with Gasteiger partial charge in [-0.15, -0.1) is 11.3 Å². The van der Waals surface area contributed by atoms with Crippen LogP contribution in [0.25, 0.3) is 0 Å². The summed E-state index contributed by atoms with van der Waals surface area (Å²) in [5.41, 5.74) is 1.18. The van der Waals surface area contributed by atoms with Gasteiger partial charge in [0, 0.05) is 31.1 Å². The highest BCUT2D eigenvalue weighted by atomic mass is 32.1. The molecule has 1 aromatic heterocycles. The lowest BCUT2D eigenvalue weighted by molar-refractivity contribution is 0.249. The van der Waals surface area contributed by atoms with Crippen molar-refractivity contribution in [1.29, 1.82) is 0 Å². The maximum absolute atomic E-state index is 4.77. The molecular formula is C15H28N4S. The number of rotatable bonds is 6. The van der Waals surface area contributed by atoms with Crippen LogP contribution < -0.4 is 10.2 Å². The van der Waals surface area contributed by atoms with Crippen molar-refractivity contribution in [2.24, 2.45) is 5.92 Å². The third-order valence-electron chi connectivity index (χ3n) is 3.86. The summed E-state index contributed by atoms with van der Waals surface area (Å²) in [4.78, 5) is 9.56. The number of piperidine rings is 1. The first-order chi connectivity index (χ1) is 9.56. The van der Waals surface area contributed by atoms with Crippen LogP contribution in [-0.4, -0.2) is 49.7 Å². The molecule has 114 valence electrons. The first-order valence-corrected chi connectivity index (χ1v) is 8.50. The predicted molar refractivity (Wildman–Crippen MR) is 87.6 cm³/mol. The Kier molecular flexibility index (Phi) is 5.81. The molecule has 0 saturated carbocycles. The summed E-state index contributed by atoms with van der Waals surface area (Å²) >= 11 is 1.79. The molecule has 1 fully saturated rings. The first kappa shape index (κ1) is 15.7. The molecular weight excluding hydrogens is 268 g/mol. The molecule has 2 rings (SSSR count). The standard InChI is InChI=1S/C15H28N4S/c1-12(2)9-16-10-13-11-20-15(17-13)19-7-5-14(6-8-19)18(3)4/h11-12,14,16H,5-10H2,1-4H3. The zero-order valence-corrected chi connectivity index (χ0v) is 14.0. The van der Waals surface area contributed by atoms with E-state index in [4.69, 9.17) is 4.98 Å². The smallest absolute Gasteiger partial charge is 0.185 e. The molecule has 0 radical (unpaired) electrons. The Balaban J connectivity index is 1.81. The Labute approximate surface area is 127 Å². The third-order valence-corrected chi connectivity index (χ3v) is 4.81. The molecule has 0 aliphatic carbocycles. The van der Waals surface area contributed by atoms with Gasteiger partial charge in [0.1, 0.15) is 0 Å². The molecule has 1 aromatic rings. The third kappa shape index (κ3) is 4.43. The van der Waals surface area contributed by atoms with Crippen LogP contribution in [0.3, 0.4) is 0 Å². The zero-order chi connectivity index (χ0) is 14.5. The van der Waals surface area contributed by atoms with E-state index < -0.39 is 0 Å². The molecule has 0 bridgehead atoms. The maximum atomic E-state index is 4.77. The van der Waals surface area contributed by atoms with Gasteiger partial charge in [-0.3, -0.25) is 0 Å². The molecule has 5 heteroatoms. The van der Waals surface area contributed by atoms with Gasteiger partial charge in [-0.2, -0.15) is 0 Å². The summed E-state index contributed by atoms with van der Waals surface area (Å²) in [5.74, 6) is 0.693. The fourth-order valence-corrected chi connectivity index (χ4v) is 3.46. The molecule has 20 heavy (non-hydrogen) atoms. The SMILES string of the molecule is CC(C)CNCc1csc(N2CCC(N(C)C)CC2)n1. The van der Waals surface area contributed by atoms with Crippen molar-refractivity contribution in [2.45, 2.75) is 39.3 Å². The Morgan fingerprint density at radius 3 is 2.70 bits per heavy atom. The Bertz CT molecular complexity index is 394. The lowest BCUT2D eigenvalue weighted by Gasteiger charge is -2.35. The van der Waals surface area contributed by atoms with E-state index in [1.807, 2.05) is 0 Å². The van der Waals surface area contributed by atoms with E-state index in [1.165, 1.54) is 23.7 Å². The average Bonchev–Trinajstić information content (AvgIpc) is 2.87. The van der Waals surface area contributed by atoms with Gasteiger partial charge in [-0.05, 0) is 39.4 Å². The van der Waals surface area contributed by atoms with Crippen molar-refractivity contribution in [3.8, 4) is 0 Å². The normalized spacial score (nSPS) is 17.4. The lowest BCUT2D eigenvalue weighted by Crippen LogP contribution is -2.41. The Morgan fingerprint density at radius 1 is 1.40 bits per heavy atom. The summed E-state index contributed by atoms with van der Waals surface area (Å²) in [6, 6.07) is 0.735. The van der Waals surface area contributed by atoms with Gasteiger partial charge in [-0.25, -0.2) is 4.98 Å². The van der Waals surface area contributed by atoms with Crippen molar-refractivity contribution in [3.63, 3.8) is 0 Å². The van der Waals surface area contributed by atoms with Crippen LogP contribution in [0.1, 0.15) is 32.4 Å². The quantitative estimate of drug-likeness (QED) is 0.873. The zero-order valence-electron chi connectivity index (χ0n) is 13.2. The molecule has 1 N–H and O–H groups in total. The first-order valence-electron chi connectivity index (χ1n) is 7.62. The van der Waals surface area contributed by atoms with Crippen LogP contribution in [0.5, 0.6) is 0 Å². The van der Waals surface area contributed by atoms with Crippen LogP contribution in [0, 0.1) is 5.92 Å². The molecule has 1 saturated heterocycles. The molecule has 0 unspecified atom stereocenters. The van der Waals surface area contributed by atoms with E-state index in [0.29, 0.717) is 5.92 Å². The van der Waals surface area contributed by atoms with Crippen LogP contribution in [-0.2, 0) is 6.54 Å². The highest BCUT2D eigenvalue weighted by Gasteiger charge is 2.22. The van der Waals surface area contributed by atoms with E-state index in [2.05, 4.69) is 48.4 Å². The summed E-state index contributed by atoms with van der Waals surface area (Å²) in [6.07, 6.45) is 2.49. The molecule has 1 aliphatic heterocycles. The van der Waals surface area contributed by atoms with Gasteiger partial charge in [0.25, 0.3) is 0 Å². The molecule has 0 atom stereocenters. The molecule has 1 aliphatic rings. The van der Waals surface area contributed by atoms with Crippen molar-refractivity contribution >= 4 is 16.5 Å². The van der Waals surface area contributed by atoms with Crippen molar-refractivity contribution in [1.82, 2.24) is 15.2 Å². The number of thiazole rings is 1. The minimum Gasteiger partial charge on any atom is -0.348 e. The summed E-state index contributed by atoms with van der Waals surface area (Å²) in [6.45, 7) is 8.68. The Morgan fingerprint density at radius 2 is 2.10 bits per heavy atom. The fraction of sp³-hybridized carbons (Fsp3) is 0.800. The van der Waals surface area contributed by atoms with Crippen molar-refractivity contribution in [2.75, 3.05) is 38.6 Å². The second-order valence-electron chi connectivity index (χ2n) is 6.33. The summed E-state index contributed by atoms with van der Waals surface area (Å²) in [5, 5.41) is 6.85.